The van der Waals surface area contributed by atoms with Gasteiger partial charge in [0, 0.05) is 6.07 Å². The van der Waals surface area contributed by atoms with Crippen molar-refractivity contribution in [2.45, 2.75) is 6.04 Å². The van der Waals surface area contributed by atoms with E-state index in [1.54, 1.807) is 19.2 Å². The Morgan fingerprint density at radius 1 is 1.26 bits per heavy atom. The molecule has 1 aromatic carbocycles. The SMILES string of the molecule is CNC(c1cc(OC)ncn1)c1cccc(Cl)c1Cl. The van der Waals surface area contributed by atoms with E-state index in [0.29, 0.717) is 15.9 Å². The van der Waals surface area contributed by atoms with Crippen LogP contribution in [0.1, 0.15) is 17.3 Å². The smallest absolute Gasteiger partial charge is 0.216 e. The van der Waals surface area contributed by atoms with Gasteiger partial charge in [-0.05, 0) is 18.7 Å². The van der Waals surface area contributed by atoms with E-state index in [0.717, 1.165) is 11.3 Å². The van der Waals surface area contributed by atoms with E-state index in [1.165, 1.54) is 6.33 Å². The van der Waals surface area contributed by atoms with Crippen molar-refractivity contribution in [1.82, 2.24) is 15.3 Å². The lowest BCUT2D eigenvalue weighted by Crippen LogP contribution is -2.19. The van der Waals surface area contributed by atoms with Gasteiger partial charge < -0.3 is 10.1 Å². The lowest BCUT2D eigenvalue weighted by atomic mass is 10.0. The molecule has 2 rings (SSSR count). The molecule has 0 spiro atoms. The number of nitrogens with one attached hydrogen (secondary N) is 1. The highest BCUT2D eigenvalue weighted by Crippen LogP contribution is 2.32. The van der Waals surface area contributed by atoms with Crippen LogP contribution in [0.2, 0.25) is 10.0 Å². The van der Waals surface area contributed by atoms with Crippen LogP contribution in [0, 0.1) is 0 Å². The molecule has 0 amide bonds. The largest absolute Gasteiger partial charge is 0.481 e. The topological polar surface area (TPSA) is 47.0 Å². The first-order valence-electron chi connectivity index (χ1n) is 5.64. The zero-order chi connectivity index (χ0) is 13.8. The predicted molar refractivity (Wildman–Crippen MR) is 75.9 cm³/mol. The lowest BCUT2D eigenvalue weighted by Gasteiger charge is -2.18. The summed E-state index contributed by atoms with van der Waals surface area (Å²) in [6.07, 6.45) is 1.46. The number of ether oxygens (including phenoxy) is 1. The predicted octanol–water partition coefficient (Wildman–Crippen LogP) is 3.10. The molecule has 0 saturated carbocycles. The molecule has 0 bridgehead atoms. The molecule has 2 aromatic rings. The van der Waals surface area contributed by atoms with Crippen molar-refractivity contribution in [3.63, 3.8) is 0 Å². The summed E-state index contributed by atoms with van der Waals surface area (Å²) < 4.78 is 5.10. The third kappa shape index (κ3) is 2.97. The summed E-state index contributed by atoms with van der Waals surface area (Å²) in [5.74, 6) is 0.503. The maximum absolute atomic E-state index is 6.24. The minimum Gasteiger partial charge on any atom is -0.481 e. The van der Waals surface area contributed by atoms with Crippen molar-refractivity contribution >= 4 is 23.2 Å². The van der Waals surface area contributed by atoms with E-state index < -0.39 is 0 Å². The molecule has 100 valence electrons. The van der Waals surface area contributed by atoms with Gasteiger partial charge in [-0.1, -0.05) is 35.3 Å². The van der Waals surface area contributed by atoms with Crippen LogP contribution in [-0.4, -0.2) is 24.1 Å². The fourth-order valence-corrected chi connectivity index (χ4v) is 2.25. The molecule has 1 unspecified atom stereocenters. The monoisotopic (exact) mass is 297 g/mol. The first kappa shape index (κ1) is 14.1. The Kier molecular flexibility index (Phi) is 4.58. The molecule has 1 N–H and O–H groups in total. The molecule has 0 saturated heterocycles. The summed E-state index contributed by atoms with van der Waals surface area (Å²) in [7, 11) is 3.39. The molecule has 0 aliphatic rings. The third-order valence-corrected chi connectivity index (χ3v) is 3.58. The van der Waals surface area contributed by atoms with Crippen LogP contribution in [0.5, 0.6) is 5.88 Å². The van der Waals surface area contributed by atoms with E-state index in [2.05, 4.69) is 15.3 Å². The second kappa shape index (κ2) is 6.19. The Bertz CT molecular complexity index is 578. The first-order valence-corrected chi connectivity index (χ1v) is 6.40. The molecule has 0 radical (unpaired) electrons. The van der Waals surface area contributed by atoms with Gasteiger partial charge in [0.15, 0.2) is 0 Å². The molecule has 0 aliphatic carbocycles. The molecule has 0 aliphatic heterocycles. The van der Waals surface area contributed by atoms with Crippen LogP contribution in [0.15, 0.2) is 30.6 Å². The number of halogens is 2. The Hall–Kier alpha value is -1.36. The highest BCUT2D eigenvalue weighted by Gasteiger charge is 2.18. The number of benzene rings is 1. The molecular weight excluding hydrogens is 285 g/mol. The van der Waals surface area contributed by atoms with Gasteiger partial charge in [-0.25, -0.2) is 9.97 Å². The number of rotatable bonds is 4. The zero-order valence-electron chi connectivity index (χ0n) is 10.5. The summed E-state index contributed by atoms with van der Waals surface area (Å²) in [4.78, 5) is 8.24. The number of hydrogen-bond acceptors (Lipinski definition) is 4. The van der Waals surface area contributed by atoms with E-state index in [9.17, 15) is 0 Å². The van der Waals surface area contributed by atoms with Crippen LogP contribution < -0.4 is 10.1 Å². The molecule has 1 atom stereocenters. The highest BCUT2D eigenvalue weighted by molar-refractivity contribution is 6.42. The van der Waals surface area contributed by atoms with Crippen LogP contribution in [0.25, 0.3) is 0 Å². The molecule has 19 heavy (non-hydrogen) atoms. The second-order valence-electron chi connectivity index (χ2n) is 3.85. The average Bonchev–Trinajstić information content (AvgIpc) is 2.44. The molecule has 4 nitrogen and oxygen atoms in total. The fraction of sp³-hybridized carbons (Fsp3) is 0.231. The van der Waals surface area contributed by atoms with Crippen LogP contribution in [-0.2, 0) is 0 Å². The molecule has 1 aromatic heterocycles. The van der Waals surface area contributed by atoms with Crippen LogP contribution in [0.4, 0.5) is 0 Å². The standard InChI is InChI=1S/C13H13Cl2N3O/c1-16-13(8-4-3-5-9(14)12(8)15)10-6-11(19-2)18-7-17-10/h3-7,13,16H,1-2H3. The molecular formula is C13H13Cl2N3O. The minimum atomic E-state index is -0.178. The van der Waals surface area contributed by atoms with Crippen LogP contribution in [0.3, 0.4) is 0 Å². The van der Waals surface area contributed by atoms with Crippen molar-refractivity contribution in [2.24, 2.45) is 0 Å². The maximum Gasteiger partial charge on any atom is 0.216 e. The molecule has 6 heteroatoms. The Balaban J connectivity index is 2.46. The Morgan fingerprint density at radius 3 is 2.74 bits per heavy atom. The number of nitrogens with zero attached hydrogens (tertiary/aromatic N) is 2. The van der Waals surface area contributed by atoms with E-state index >= 15 is 0 Å². The third-order valence-electron chi connectivity index (χ3n) is 2.75. The summed E-state index contributed by atoms with van der Waals surface area (Å²) in [5, 5.41) is 4.19. The second-order valence-corrected chi connectivity index (χ2v) is 4.64. The van der Waals surface area contributed by atoms with Gasteiger partial charge in [0.05, 0.1) is 28.9 Å². The number of methoxy groups -OCH3 is 1. The lowest BCUT2D eigenvalue weighted by molar-refractivity contribution is 0.395. The van der Waals surface area contributed by atoms with Gasteiger partial charge in [-0.2, -0.15) is 0 Å². The zero-order valence-corrected chi connectivity index (χ0v) is 12.0. The summed E-state index contributed by atoms with van der Waals surface area (Å²) >= 11 is 12.3. The van der Waals surface area contributed by atoms with E-state index in [1.807, 2.05) is 19.2 Å². The average molecular weight is 298 g/mol. The van der Waals surface area contributed by atoms with Crippen LogP contribution >= 0.6 is 23.2 Å². The van der Waals surface area contributed by atoms with E-state index in [4.69, 9.17) is 27.9 Å². The van der Waals surface area contributed by atoms with E-state index in [-0.39, 0.29) is 6.04 Å². The normalized spacial score (nSPS) is 12.2. The number of hydrogen-bond donors (Lipinski definition) is 1. The van der Waals surface area contributed by atoms with Crippen molar-refractivity contribution in [3.05, 3.63) is 51.9 Å². The fourth-order valence-electron chi connectivity index (χ4n) is 1.83. The van der Waals surface area contributed by atoms with Gasteiger partial charge in [0.1, 0.15) is 6.33 Å². The van der Waals surface area contributed by atoms with Crippen molar-refractivity contribution in [3.8, 4) is 5.88 Å². The molecule has 0 fully saturated rings. The Morgan fingerprint density at radius 2 is 2.05 bits per heavy atom. The first-order chi connectivity index (χ1) is 9.17. The van der Waals surface area contributed by atoms with Crippen molar-refractivity contribution in [1.29, 1.82) is 0 Å². The van der Waals surface area contributed by atoms with Gasteiger partial charge in [0.2, 0.25) is 5.88 Å². The quantitative estimate of drug-likeness (QED) is 0.942. The maximum atomic E-state index is 6.24. The Labute approximate surface area is 121 Å². The molecule has 1 heterocycles. The summed E-state index contributed by atoms with van der Waals surface area (Å²) in [6.45, 7) is 0. The highest BCUT2D eigenvalue weighted by atomic mass is 35.5. The van der Waals surface area contributed by atoms with Gasteiger partial charge in [0.25, 0.3) is 0 Å². The minimum absolute atomic E-state index is 0.178. The van der Waals surface area contributed by atoms with Crippen molar-refractivity contribution in [2.75, 3.05) is 14.2 Å². The number of aromatic nitrogens is 2. The van der Waals surface area contributed by atoms with Gasteiger partial charge in [-0.15, -0.1) is 0 Å². The summed E-state index contributed by atoms with van der Waals surface area (Å²) in [6, 6.07) is 7.10. The summed E-state index contributed by atoms with van der Waals surface area (Å²) in [5.41, 5.74) is 1.62. The van der Waals surface area contributed by atoms with Gasteiger partial charge in [-0.3, -0.25) is 0 Å². The van der Waals surface area contributed by atoms with Crippen molar-refractivity contribution < 1.29 is 4.74 Å². The van der Waals surface area contributed by atoms with Gasteiger partial charge >= 0.3 is 0 Å².